The van der Waals surface area contributed by atoms with E-state index < -0.39 is 286 Å². The quantitative estimate of drug-likeness (QED) is 0.00947. The Labute approximate surface area is 687 Å². The predicted octanol–water partition coefficient (Wildman–Crippen LogP) is -8.11. The number of aliphatic hydroxyl groups excluding tert-OH is 1. The van der Waals surface area contributed by atoms with Gasteiger partial charge in [0.15, 0.2) is 49.1 Å². The summed E-state index contributed by atoms with van der Waals surface area (Å²) < 4.78 is 63.7. The number of aliphatic carboxylic acids is 1. The minimum Gasteiger partial charge on any atom is -0.508 e. The van der Waals surface area contributed by atoms with Crippen LogP contribution in [-0.2, 0) is 150 Å². The van der Waals surface area contributed by atoms with Crippen LogP contribution >= 0.6 is 0 Å². The van der Waals surface area contributed by atoms with Gasteiger partial charge in [0.25, 0.3) is 0 Å². The van der Waals surface area contributed by atoms with Gasteiger partial charge in [-0.2, -0.15) is 0 Å². The predicted molar refractivity (Wildman–Crippen MR) is 404 cm³/mol. The van der Waals surface area contributed by atoms with E-state index in [1.807, 2.05) is 0 Å². The first kappa shape index (κ1) is 102. The zero-order valence-electron chi connectivity index (χ0n) is 68.0. The molecule has 0 saturated carbocycles. The molecule has 1 aromatic rings. The van der Waals surface area contributed by atoms with Crippen molar-refractivity contribution >= 4 is 119 Å². The van der Waals surface area contributed by atoms with Crippen molar-refractivity contribution in [3.63, 3.8) is 0 Å². The Morgan fingerprint density at radius 3 is 1.43 bits per heavy atom. The topological polar surface area (TPSA) is 737 Å². The van der Waals surface area contributed by atoms with Crippen LogP contribution in [0.3, 0.4) is 0 Å². The highest BCUT2D eigenvalue weighted by Gasteiger charge is 2.58. The van der Waals surface area contributed by atoms with Crippen LogP contribution in [0.1, 0.15) is 127 Å². The summed E-state index contributed by atoms with van der Waals surface area (Å²) in [7, 11) is 0. The van der Waals surface area contributed by atoms with Gasteiger partial charge in [0.1, 0.15) is 85.6 Å². The third kappa shape index (κ3) is 34.9. The first-order valence-electron chi connectivity index (χ1n) is 37.6. The van der Waals surface area contributed by atoms with Crippen LogP contribution in [0.15, 0.2) is 29.3 Å². The minimum absolute atomic E-state index is 0.0174. The van der Waals surface area contributed by atoms with Crippen molar-refractivity contribution in [3.05, 3.63) is 29.8 Å². The molecule has 670 valence electrons. The second kappa shape index (κ2) is 50.0. The van der Waals surface area contributed by atoms with Crippen LogP contribution in [0.5, 0.6) is 5.75 Å². The molecule has 2 aliphatic heterocycles. The highest BCUT2D eigenvalue weighted by Crippen LogP contribution is 2.36. The van der Waals surface area contributed by atoms with Gasteiger partial charge >= 0.3 is 47.8 Å². The Morgan fingerprint density at radius 1 is 0.492 bits per heavy atom. The number of aliphatic imine (C=N–C) groups is 1. The van der Waals surface area contributed by atoms with Crippen LogP contribution < -0.4 is 76.5 Å². The van der Waals surface area contributed by atoms with Crippen molar-refractivity contribution in [2.45, 2.75) is 244 Å². The van der Waals surface area contributed by atoms with Crippen molar-refractivity contribution in [2.24, 2.45) is 45.5 Å². The molecule has 0 unspecified atom stereocenters. The van der Waals surface area contributed by atoms with Crippen LogP contribution in [0.4, 0.5) is 0 Å². The fourth-order valence-electron chi connectivity index (χ4n) is 11.7. The van der Waals surface area contributed by atoms with Gasteiger partial charge in [0.05, 0.1) is 38.6 Å². The van der Waals surface area contributed by atoms with E-state index in [2.05, 4.69) is 52.8 Å². The van der Waals surface area contributed by atoms with Crippen molar-refractivity contribution in [1.29, 1.82) is 0 Å². The number of phenols is 1. The molecule has 48 heteroatoms. The molecule has 2 fully saturated rings. The summed E-state index contributed by atoms with van der Waals surface area (Å²) in [4.78, 5) is 257. The molecule has 2 saturated heterocycles. The number of rotatable bonds is 48. The molecule has 0 spiro atoms. The smallest absolute Gasteiger partial charge is 0.305 e. The summed E-state index contributed by atoms with van der Waals surface area (Å²) in [5.74, 6) is -24.0. The monoisotopic (exact) mass is 1710 g/mol. The number of phenolic OH excluding ortho intramolecular Hbond substituents is 1. The molecule has 22 N–H and O–H groups in total. The van der Waals surface area contributed by atoms with E-state index in [9.17, 15) is 102 Å². The zero-order chi connectivity index (χ0) is 90.7. The number of hydrogen-bond acceptors (Lipinski definition) is 34. The molecular weight excluding hydrogens is 1600 g/mol. The van der Waals surface area contributed by atoms with E-state index in [-0.39, 0.29) is 50.4 Å². The number of esters is 7. The van der Waals surface area contributed by atoms with E-state index in [4.69, 9.17) is 80.8 Å². The summed E-state index contributed by atoms with van der Waals surface area (Å²) in [6.07, 6.45) is -21.8. The van der Waals surface area contributed by atoms with Crippen LogP contribution in [-0.4, -0.2) is 289 Å². The summed E-state index contributed by atoms with van der Waals surface area (Å²) in [5.41, 5.74) is 27.8. The van der Waals surface area contributed by atoms with Gasteiger partial charge in [0.2, 0.25) is 65.0 Å². The van der Waals surface area contributed by atoms with Gasteiger partial charge in [0, 0.05) is 61.4 Å². The van der Waals surface area contributed by atoms with Crippen molar-refractivity contribution < 1.29 is 159 Å². The Morgan fingerprint density at radius 2 is 0.942 bits per heavy atom. The fraction of sp³-hybridized carbons (Fsp3) is 0.639. The summed E-state index contributed by atoms with van der Waals surface area (Å²) in [5, 5.41) is 50.4. The second-order valence-corrected chi connectivity index (χ2v) is 27.8. The Bertz CT molecular complexity index is 3830. The molecule has 0 bridgehead atoms. The van der Waals surface area contributed by atoms with Gasteiger partial charge in [-0.15, -0.1) is 0 Å². The number of aromatic hydroxyl groups is 1. The number of benzene rings is 1. The summed E-state index contributed by atoms with van der Waals surface area (Å²) in [6, 6.07) is -10.4. The molecule has 0 aromatic heterocycles. The normalized spacial score (nSPS) is 21.3. The number of nitrogens with zero attached hydrogens (tertiary/aromatic N) is 1. The third-order valence-corrected chi connectivity index (χ3v) is 17.9. The van der Waals surface area contributed by atoms with E-state index >= 15 is 4.79 Å². The third-order valence-electron chi connectivity index (χ3n) is 17.9. The maximum absolute atomic E-state index is 15.1. The molecule has 1 aromatic carbocycles. The molecule has 21 atom stereocenters. The van der Waals surface area contributed by atoms with E-state index in [1.165, 1.54) is 38.1 Å². The number of carbonyl (C=O) groups is 19. The number of nitrogens with two attached hydrogens (primary N) is 5. The fourth-order valence-corrected chi connectivity index (χ4v) is 11.7. The van der Waals surface area contributed by atoms with Crippen LogP contribution in [0.25, 0.3) is 0 Å². The lowest BCUT2D eigenvalue weighted by Crippen LogP contribution is -2.67. The maximum atomic E-state index is 15.1. The maximum Gasteiger partial charge on any atom is 0.305 e. The van der Waals surface area contributed by atoms with Gasteiger partial charge in [-0.1, -0.05) is 52.7 Å². The van der Waals surface area contributed by atoms with Crippen molar-refractivity contribution in [3.8, 4) is 5.75 Å². The first-order valence-corrected chi connectivity index (χ1v) is 37.6. The Hall–Kier alpha value is -12.0. The summed E-state index contributed by atoms with van der Waals surface area (Å²) >= 11 is 0. The number of nitrogens with one attached hydrogen (secondary N) is 9. The molecule has 2 aliphatic rings. The number of hydrogen-bond donors (Lipinski definition) is 17. The first-order chi connectivity index (χ1) is 56.2. The largest absolute Gasteiger partial charge is 0.508 e. The van der Waals surface area contributed by atoms with E-state index in [1.54, 1.807) is 13.8 Å². The Balaban J connectivity index is 2.24. The molecule has 11 amide bonds. The summed E-state index contributed by atoms with van der Waals surface area (Å²) in [6.45, 7) is 8.56. The minimum atomic E-state index is -2.21. The highest BCUT2D eigenvalue weighted by atomic mass is 16.8. The van der Waals surface area contributed by atoms with Crippen LogP contribution in [0.2, 0.25) is 0 Å². The molecule has 0 radical (unpaired) electrons. The number of carboxylic acids is 1. The number of aliphatic hydroxyl groups is 1. The lowest BCUT2D eigenvalue weighted by molar-refractivity contribution is -0.361. The standard InChI is InChI=1S/C72H109N15O33/c1-13-30(3)53(86-51(98)25-79-64(104)44(22-40-17-19-41(96)20-18-40)82-63(103)42(73)23-52(99)100)68(108)85-47(67(107)80-32(5)62(102)87-54(31(4)14-2)69(109)83-45(24-50(74)97)65(105)84-46(26-88)66(106)81-43(61(75)101)16-15-21-78-72(76)77)27-112-70-59(116-38(11)94)58(115-37(10)93)56(49(118-70)29-111-34(7)90)120-71-60(117-39(12)95)57(114-36(9)92)55(113-35(8)91)48(119-71)28-110-33(6)89/h17-20,30-32,42-49,53-60,70-71,88,96H,13-16,21-29,73H2,1-12H3,(H2,74,97)(H2,75,101)(H,79,104)(H,80,107)(H,81,106)(H,82,103)(H,83,109)(H,84,105)(H,85,108)(H,86,98)(H,87,102)(H,99,100)(H4,76,77,78)/t30-,31-,32-,42-,43-,44-,45-,46-,47-,48+,49+,53-,54-,55-,56-,57-,58-,59+,60+,70+,71+/m0/s1. The number of carbonyl (C=O) groups excluding carboxylic acids is 18. The number of ether oxygens (including phenoxy) is 11. The number of amides is 11. The van der Waals surface area contributed by atoms with Crippen molar-refractivity contribution in [2.75, 3.05) is 39.5 Å². The van der Waals surface area contributed by atoms with Gasteiger partial charge in [-0.05, 0) is 49.3 Å². The average Bonchev–Trinajstić information content (AvgIpc) is 0.763. The lowest BCUT2D eigenvalue weighted by Gasteiger charge is -2.48. The average molecular weight is 1710 g/mol. The SMILES string of the molecule is CC[C@H](C)[C@H](NC(=O)CNC(=O)[C@H](Cc1ccc(O)cc1)NC(=O)[C@@H](N)CC(=O)O)C(=O)N[C@@H](CO[C@@H]1O[C@H](COC(C)=O)[C@H](O[C@H]2O[C@H](COC(C)=O)[C@H](OC(C)=O)[C@H](OC(C)=O)[C@H]2OC(C)=O)[C@H](OC(C)=O)[C@H]1OC(C)=O)C(=O)N[C@@H](C)C(=O)N[C@H](C(=O)N[C@@H](CC(N)=O)C(=O)N[C@@H](CO)C(=O)N[C@@H](CCCN=C(N)N)C(N)=O)[C@@H](C)CC. The number of guanidine groups is 1. The molecule has 2 heterocycles. The van der Waals surface area contributed by atoms with Crippen LogP contribution in [0, 0.1) is 11.8 Å². The molecule has 48 nitrogen and oxygen atoms in total. The second-order valence-electron chi connectivity index (χ2n) is 27.8. The number of carboxylic acid groups (broad SMARTS) is 1. The van der Waals surface area contributed by atoms with Gasteiger partial charge in [-0.3, -0.25) is 96.1 Å². The van der Waals surface area contributed by atoms with E-state index in [0.717, 1.165) is 55.4 Å². The molecular formula is C72H109N15O33. The number of primary amides is 2. The molecule has 3 rings (SSSR count). The highest BCUT2D eigenvalue weighted by molar-refractivity contribution is 5.99. The van der Waals surface area contributed by atoms with Crippen molar-refractivity contribution in [1.82, 2.24) is 47.9 Å². The molecule has 0 aliphatic carbocycles. The van der Waals surface area contributed by atoms with Gasteiger partial charge in [-0.25, -0.2) is 0 Å². The van der Waals surface area contributed by atoms with E-state index in [0.29, 0.717) is 5.56 Å². The Kier molecular flexibility index (Phi) is 42.6. The zero-order valence-corrected chi connectivity index (χ0v) is 68.0. The molecule has 120 heavy (non-hydrogen) atoms. The van der Waals surface area contributed by atoms with Gasteiger partial charge < -0.3 is 144 Å². The lowest BCUT2D eigenvalue weighted by atomic mass is 9.96.